The first-order valence-corrected chi connectivity index (χ1v) is 9.82. The molecule has 1 aromatic carbocycles. The van der Waals surface area contributed by atoms with Crippen LogP contribution in [0.2, 0.25) is 0 Å². The molecule has 4 N–H and O–H groups in total. The molecule has 0 unspecified atom stereocenters. The van der Waals surface area contributed by atoms with Crippen LogP contribution in [-0.2, 0) is 14.4 Å². The highest BCUT2D eigenvalue weighted by Gasteiger charge is 2.31. The van der Waals surface area contributed by atoms with Crippen molar-refractivity contribution in [2.24, 2.45) is 5.90 Å². The number of hydrogen-bond donors (Lipinski definition) is 3. The third-order valence-electron chi connectivity index (χ3n) is 4.07. The average Bonchev–Trinajstić information content (AvgIpc) is 2.98. The minimum Gasteiger partial charge on any atom is -0.490 e. The topological polar surface area (TPSA) is 136 Å². The largest absolute Gasteiger partial charge is 0.490 e. The standard InChI is InChI=1S/C18H24N4O6S/c1-18(2,3)27-15(23)13(28-19)9-26-11-4-5-12-14(6-11)29-16(21-12)20-10-7-22(8-10)17(24)25/h4-6,10,13H,7-9,19H2,1-3H3,(H,20,21)(H,24,25)/t13-/m0/s1. The molecule has 29 heavy (non-hydrogen) atoms. The molecule has 0 spiro atoms. The van der Waals surface area contributed by atoms with E-state index in [-0.39, 0.29) is 12.6 Å². The molecular weight excluding hydrogens is 400 g/mol. The van der Waals surface area contributed by atoms with Crippen molar-refractivity contribution in [1.29, 1.82) is 0 Å². The molecule has 2 aromatic rings. The number of nitrogens with one attached hydrogen (secondary N) is 1. The van der Waals surface area contributed by atoms with Crippen LogP contribution >= 0.6 is 11.3 Å². The molecule has 10 nitrogen and oxygen atoms in total. The SMILES string of the molecule is CC(C)(C)OC(=O)[C@H](COc1ccc2nc(NC3CN(C(=O)O)C3)sc2c1)ON. The molecule has 2 heterocycles. The number of nitrogens with two attached hydrogens (primary N) is 1. The number of ether oxygens (including phenoxy) is 2. The molecule has 0 bridgehead atoms. The summed E-state index contributed by atoms with van der Waals surface area (Å²) < 4.78 is 11.8. The second-order valence-corrected chi connectivity index (χ2v) is 8.68. The second-order valence-electron chi connectivity index (χ2n) is 7.65. The van der Waals surface area contributed by atoms with Crippen molar-refractivity contribution in [2.75, 3.05) is 25.0 Å². The van der Waals surface area contributed by atoms with Gasteiger partial charge >= 0.3 is 12.1 Å². The first kappa shape index (κ1) is 21.1. The zero-order valence-corrected chi connectivity index (χ0v) is 17.2. The summed E-state index contributed by atoms with van der Waals surface area (Å²) in [7, 11) is 0. The normalized spacial score (nSPS) is 15.7. The number of carboxylic acid groups (broad SMARTS) is 1. The zero-order valence-electron chi connectivity index (χ0n) is 16.4. The van der Waals surface area contributed by atoms with Crippen LogP contribution in [0.4, 0.5) is 9.93 Å². The summed E-state index contributed by atoms with van der Waals surface area (Å²) >= 11 is 1.44. The quantitative estimate of drug-likeness (QED) is 0.450. The maximum atomic E-state index is 12.1. The molecule has 0 saturated carbocycles. The lowest BCUT2D eigenvalue weighted by Crippen LogP contribution is -2.56. The van der Waals surface area contributed by atoms with Gasteiger partial charge in [0.25, 0.3) is 0 Å². The molecule has 1 aromatic heterocycles. The van der Waals surface area contributed by atoms with Gasteiger partial charge in [0, 0.05) is 13.1 Å². The van der Waals surface area contributed by atoms with Crippen LogP contribution in [0.3, 0.4) is 0 Å². The van der Waals surface area contributed by atoms with Crippen molar-refractivity contribution in [3.8, 4) is 5.75 Å². The number of carbonyl (C=O) groups excluding carboxylic acids is 1. The fraction of sp³-hybridized carbons (Fsp3) is 0.500. The number of rotatable bonds is 7. The number of thiazole rings is 1. The van der Waals surface area contributed by atoms with Gasteiger partial charge in [-0.05, 0) is 39.0 Å². The number of aromatic nitrogens is 1. The fourth-order valence-electron chi connectivity index (χ4n) is 2.66. The lowest BCUT2D eigenvalue weighted by molar-refractivity contribution is -0.170. The monoisotopic (exact) mass is 424 g/mol. The summed E-state index contributed by atoms with van der Waals surface area (Å²) in [6.07, 6.45) is -1.96. The van der Waals surface area contributed by atoms with Gasteiger partial charge in [-0.1, -0.05) is 11.3 Å². The summed E-state index contributed by atoms with van der Waals surface area (Å²) in [6.45, 7) is 6.05. The summed E-state index contributed by atoms with van der Waals surface area (Å²) in [5.41, 5.74) is 0.138. The van der Waals surface area contributed by atoms with Crippen LogP contribution in [0.25, 0.3) is 10.2 Å². The third-order valence-corrected chi connectivity index (χ3v) is 5.02. The number of esters is 1. The Labute approximate surface area is 171 Å². The molecule has 1 atom stereocenters. The molecule has 1 saturated heterocycles. The molecule has 1 aliphatic rings. The maximum absolute atomic E-state index is 12.1. The predicted molar refractivity (Wildman–Crippen MR) is 107 cm³/mol. The van der Waals surface area contributed by atoms with Crippen molar-refractivity contribution in [1.82, 2.24) is 9.88 Å². The van der Waals surface area contributed by atoms with E-state index >= 15 is 0 Å². The molecule has 3 rings (SSSR count). The van der Waals surface area contributed by atoms with Crippen molar-refractivity contribution >= 4 is 38.7 Å². The van der Waals surface area contributed by atoms with E-state index in [0.717, 1.165) is 10.2 Å². The number of hydrogen-bond acceptors (Lipinski definition) is 9. The van der Waals surface area contributed by atoms with Gasteiger partial charge in [0.1, 0.15) is 18.0 Å². The third kappa shape index (κ3) is 5.46. The molecular formula is C18H24N4O6S. The van der Waals surface area contributed by atoms with E-state index in [2.05, 4.69) is 10.3 Å². The van der Waals surface area contributed by atoms with Gasteiger partial charge in [-0.3, -0.25) is 4.84 Å². The Hall–Kier alpha value is -2.63. The molecule has 1 aliphatic heterocycles. The van der Waals surface area contributed by atoms with Gasteiger partial charge in [-0.25, -0.2) is 20.5 Å². The van der Waals surface area contributed by atoms with Crippen molar-refractivity contribution in [3.05, 3.63) is 18.2 Å². The second kappa shape index (κ2) is 8.39. The number of carbonyl (C=O) groups is 2. The van der Waals surface area contributed by atoms with Crippen LogP contribution < -0.4 is 16.0 Å². The van der Waals surface area contributed by atoms with Gasteiger partial charge in [0.2, 0.25) is 6.10 Å². The van der Waals surface area contributed by atoms with Crippen molar-refractivity contribution < 1.29 is 29.0 Å². The van der Waals surface area contributed by atoms with Gasteiger partial charge in [-0.15, -0.1) is 0 Å². The highest BCUT2D eigenvalue weighted by molar-refractivity contribution is 7.22. The molecule has 11 heteroatoms. The lowest BCUT2D eigenvalue weighted by atomic mass is 10.1. The van der Waals surface area contributed by atoms with E-state index in [9.17, 15) is 9.59 Å². The van der Waals surface area contributed by atoms with Gasteiger partial charge in [0.05, 0.1) is 16.3 Å². The summed E-state index contributed by atoms with van der Waals surface area (Å²) in [6, 6.07) is 5.41. The number of likely N-dealkylation sites (tertiary alicyclic amines) is 1. The number of amides is 1. The zero-order chi connectivity index (χ0) is 21.2. The van der Waals surface area contributed by atoms with E-state index in [0.29, 0.717) is 24.0 Å². The molecule has 1 fully saturated rings. The minimum absolute atomic E-state index is 0.0543. The average molecular weight is 424 g/mol. The number of fused-ring (bicyclic) bond motifs is 1. The Morgan fingerprint density at radius 2 is 2.14 bits per heavy atom. The van der Waals surface area contributed by atoms with Gasteiger partial charge < -0.3 is 24.8 Å². The molecule has 0 aliphatic carbocycles. The van der Waals surface area contributed by atoms with E-state index in [1.807, 2.05) is 12.1 Å². The van der Waals surface area contributed by atoms with Crippen LogP contribution in [0.1, 0.15) is 20.8 Å². The van der Waals surface area contributed by atoms with Crippen molar-refractivity contribution in [3.63, 3.8) is 0 Å². The van der Waals surface area contributed by atoms with E-state index in [1.54, 1.807) is 26.8 Å². The Bertz CT molecular complexity index is 890. The fourth-order valence-corrected chi connectivity index (χ4v) is 3.63. The Morgan fingerprint density at radius 1 is 1.41 bits per heavy atom. The van der Waals surface area contributed by atoms with Gasteiger partial charge in [0.15, 0.2) is 5.13 Å². The summed E-state index contributed by atoms with van der Waals surface area (Å²) in [4.78, 5) is 33.4. The Balaban J connectivity index is 1.58. The van der Waals surface area contributed by atoms with E-state index in [4.69, 9.17) is 25.3 Å². The summed E-state index contributed by atoms with van der Waals surface area (Å²) in [5.74, 6) is 5.15. The van der Waals surface area contributed by atoms with E-state index < -0.39 is 23.8 Å². The maximum Gasteiger partial charge on any atom is 0.407 e. The lowest BCUT2D eigenvalue weighted by Gasteiger charge is -2.37. The molecule has 0 radical (unpaired) electrons. The first-order chi connectivity index (χ1) is 13.6. The van der Waals surface area contributed by atoms with Gasteiger partial charge in [-0.2, -0.15) is 0 Å². The highest BCUT2D eigenvalue weighted by Crippen LogP contribution is 2.30. The number of nitrogens with zero attached hydrogens (tertiary/aromatic N) is 2. The molecule has 158 valence electrons. The number of benzene rings is 1. The predicted octanol–water partition coefficient (Wildman–Crippen LogP) is 2.05. The summed E-state index contributed by atoms with van der Waals surface area (Å²) in [5, 5.41) is 12.8. The minimum atomic E-state index is -1.04. The van der Waals surface area contributed by atoms with Crippen molar-refractivity contribution in [2.45, 2.75) is 38.5 Å². The smallest absolute Gasteiger partial charge is 0.407 e. The van der Waals surface area contributed by atoms with Crippen LogP contribution in [0.5, 0.6) is 5.75 Å². The van der Waals surface area contributed by atoms with E-state index in [1.165, 1.54) is 16.2 Å². The van der Waals surface area contributed by atoms with Crippen LogP contribution in [0, 0.1) is 0 Å². The van der Waals surface area contributed by atoms with Crippen LogP contribution in [-0.4, -0.2) is 64.5 Å². The number of anilines is 1. The van der Waals surface area contributed by atoms with Crippen LogP contribution in [0.15, 0.2) is 18.2 Å². The highest BCUT2D eigenvalue weighted by atomic mass is 32.1. The Kier molecular flexibility index (Phi) is 6.10. The first-order valence-electron chi connectivity index (χ1n) is 9.01. The molecule has 1 amide bonds. The Morgan fingerprint density at radius 3 is 2.76 bits per heavy atom.